The fourth-order valence-corrected chi connectivity index (χ4v) is 2.17. The van der Waals surface area contributed by atoms with Crippen LogP contribution in [0.4, 0.5) is 5.69 Å². The second kappa shape index (κ2) is 5.14. The number of ether oxygens (including phenoxy) is 1. The highest BCUT2D eigenvalue weighted by Crippen LogP contribution is 2.29. The van der Waals surface area contributed by atoms with Crippen molar-refractivity contribution in [2.24, 2.45) is 0 Å². The number of esters is 1. The molecule has 18 heavy (non-hydrogen) atoms. The number of rotatable bonds is 3. The van der Waals surface area contributed by atoms with Crippen molar-refractivity contribution in [1.82, 2.24) is 5.32 Å². The number of nitro groups is 1. The molecule has 1 N–H and O–H groups in total. The molecule has 0 aliphatic carbocycles. The molecule has 0 saturated carbocycles. The van der Waals surface area contributed by atoms with Gasteiger partial charge in [-0.1, -0.05) is 6.07 Å². The van der Waals surface area contributed by atoms with Crippen molar-refractivity contribution in [3.8, 4) is 0 Å². The van der Waals surface area contributed by atoms with Crippen molar-refractivity contribution in [3.05, 3.63) is 39.4 Å². The molecule has 1 aliphatic rings. The van der Waals surface area contributed by atoms with Gasteiger partial charge in [-0.25, -0.2) is 0 Å². The molecule has 96 valence electrons. The van der Waals surface area contributed by atoms with Crippen LogP contribution < -0.4 is 5.32 Å². The second-order valence-corrected chi connectivity index (χ2v) is 4.18. The van der Waals surface area contributed by atoms with Crippen molar-refractivity contribution >= 4 is 11.7 Å². The van der Waals surface area contributed by atoms with Crippen molar-refractivity contribution in [2.75, 3.05) is 13.7 Å². The molecule has 0 saturated heterocycles. The molecule has 0 amide bonds. The van der Waals surface area contributed by atoms with Crippen LogP contribution in [0, 0.1) is 10.1 Å². The monoisotopic (exact) mass is 250 g/mol. The normalized spacial score (nSPS) is 17.9. The van der Waals surface area contributed by atoms with Gasteiger partial charge in [0.1, 0.15) is 0 Å². The minimum Gasteiger partial charge on any atom is -0.469 e. The Balaban J connectivity index is 2.31. The van der Waals surface area contributed by atoms with E-state index in [9.17, 15) is 14.9 Å². The van der Waals surface area contributed by atoms with Crippen LogP contribution in [-0.4, -0.2) is 24.5 Å². The van der Waals surface area contributed by atoms with Crippen molar-refractivity contribution in [1.29, 1.82) is 0 Å². The van der Waals surface area contributed by atoms with E-state index in [1.165, 1.54) is 19.2 Å². The Labute approximate surface area is 104 Å². The van der Waals surface area contributed by atoms with E-state index in [1.807, 2.05) is 0 Å². The zero-order valence-electron chi connectivity index (χ0n) is 10.0. The number of nitro benzene ring substituents is 1. The Hall–Kier alpha value is -1.95. The maximum absolute atomic E-state index is 11.3. The van der Waals surface area contributed by atoms with Crippen LogP contribution in [0.5, 0.6) is 0 Å². The van der Waals surface area contributed by atoms with Crippen molar-refractivity contribution < 1.29 is 14.5 Å². The van der Waals surface area contributed by atoms with Gasteiger partial charge in [-0.2, -0.15) is 0 Å². The SMILES string of the molecule is COC(=O)C[C@@H]1NCCc2ccc([N+](=O)[O-])cc21. The van der Waals surface area contributed by atoms with Gasteiger partial charge in [0.2, 0.25) is 0 Å². The lowest BCUT2D eigenvalue weighted by Gasteiger charge is -2.25. The predicted molar refractivity (Wildman–Crippen MR) is 64.2 cm³/mol. The third-order valence-electron chi connectivity index (χ3n) is 3.10. The fraction of sp³-hybridized carbons (Fsp3) is 0.417. The van der Waals surface area contributed by atoms with Crippen LogP contribution in [0.2, 0.25) is 0 Å². The summed E-state index contributed by atoms with van der Waals surface area (Å²) in [5.41, 5.74) is 1.92. The molecule has 0 radical (unpaired) electrons. The summed E-state index contributed by atoms with van der Waals surface area (Å²) < 4.78 is 4.63. The zero-order valence-corrected chi connectivity index (χ0v) is 10.0. The maximum Gasteiger partial charge on any atom is 0.307 e. The summed E-state index contributed by atoms with van der Waals surface area (Å²) in [5, 5.41) is 13.9. The molecular formula is C12H14N2O4. The van der Waals surface area contributed by atoms with Crippen molar-refractivity contribution in [3.63, 3.8) is 0 Å². The summed E-state index contributed by atoms with van der Waals surface area (Å²) in [6, 6.07) is 4.59. The number of carbonyl (C=O) groups excluding carboxylic acids is 1. The highest BCUT2D eigenvalue weighted by atomic mass is 16.6. The van der Waals surface area contributed by atoms with E-state index in [-0.39, 0.29) is 24.1 Å². The standard InChI is InChI=1S/C12H14N2O4/c1-18-12(15)7-11-10-6-9(14(16)17)3-2-8(10)4-5-13-11/h2-3,6,11,13H,4-5,7H2,1H3/t11-/m0/s1. The number of fused-ring (bicyclic) bond motifs is 1. The first-order valence-corrected chi connectivity index (χ1v) is 5.69. The highest BCUT2D eigenvalue weighted by molar-refractivity contribution is 5.70. The average Bonchev–Trinajstić information content (AvgIpc) is 2.38. The van der Waals surface area contributed by atoms with Crippen molar-refractivity contribution in [2.45, 2.75) is 18.9 Å². The van der Waals surface area contributed by atoms with Gasteiger partial charge in [-0.3, -0.25) is 14.9 Å². The summed E-state index contributed by atoms with van der Waals surface area (Å²) in [6.45, 7) is 0.756. The van der Waals surface area contributed by atoms with Crippen LogP contribution >= 0.6 is 0 Å². The van der Waals surface area contributed by atoms with Gasteiger partial charge in [0.25, 0.3) is 5.69 Å². The Kier molecular flexibility index (Phi) is 3.57. The van der Waals surface area contributed by atoms with Gasteiger partial charge >= 0.3 is 5.97 Å². The first-order valence-electron chi connectivity index (χ1n) is 5.69. The number of hydrogen-bond donors (Lipinski definition) is 1. The van der Waals surface area contributed by atoms with E-state index in [2.05, 4.69) is 10.1 Å². The molecule has 0 spiro atoms. The van der Waals surface area contributed by atoms with Crippen LogP contribution in [-0.2, 0) is 16.0 Å². The first-order chi connectivity index (χ1) is 8.61. The summed E-state index contributed by atoms with van der Waals surface area (Å²) >= 11 is 0. The summed E-state index contributed by atoms with van der Waals surface area (Å²) in [4.78, 5) is 21.7. The minimum absolute atomic E-state index is 0.0484. The summed E-state index contributed by atoms with van der Waals surface area (Å²) in [6.07, 6.45) is 0.996. The van der Waals surface area contributed by atoms with Crippen LogP contribution in [0.25, 0.3) is 0 Å². The Morgan fingerprint density at radius 2 is 2.39 bits per heavy atom. The maximum atomic E-state index is 11.3. The first kappa shape index (κ1) is 12.5. The third-order valence-corrected chi connectivity index (χ3v) is 3.10. The molecule has 0 bridgehead atoms. The Bertz CT molecular complexity index is 487. The minimum atomic E-state index is -0.427. The number of hydrogen-bond acceptors (Lipinski definition) is 5. The van der Waals surface area contributed by atoms with Crippen LogP contribution in [0.1, 0.15) is 23.6 Å². The number of carbonyl (C=O) groups is 1. The average molecular weight is 250 g/mol. The highest BCUT2D eigenvalue weighted by Gasteiger charge is 2.24. The van der Waals surface area contributed by atoms with Gasteiger partial charge in [0.05, 0.1) is 18.5 Å². The summed E-state index contributed by atoms with van der Waals surface area (Å²) in [5.74, 6) is -0.327. The molecule has 1 atom stereocenters. The number of nitrogens with zero attached hydrogens (tertiary/aromatic N) is 1. The molecular weight excluding hydrogens is 236 g/mol. The lowest BCUT2D eigenvalue weighted by molar-refractivity contribution is -0.385. The molecule has 0 fully saturated rings. The largest absolute Gasteiger partial charge is 0.469 e. The Morgan fingerprint density at radius 3 is 3.06 bits per heavy atom. The number of non-ortho nitro benzene ring substituents is 1. The van der Waals surface area contributed by atoms with E-state index < -0.39 is 4.92 Å². The molecule has 0 aromatic heterocycles. The second-order valence-electron chi connectivity index (χ2n) is 4.18. The van der Waals surface area contributed by atoms with Crippen LogP contribution in [0.3, 0.4) is 0 Å². The van der Waals surface area contributed by atoms with Gasteiger partial charge in [0.15, 0.2) is 0 Å². The quantitative estimate of drug-likeness (QED) is 0.497. The molecule has 0 unspecified atom stereocenters. The van der Waals surface area contributed by atoms with Gasteiger partial charge in [0, 0.05) is 18.2 Å². The van der Waals surface area contributed by atoms with Gasteiger partial charge in [-0.05, 0) is 24.1 Å². The van der Waals surface area contributed by atoms with Crippen LogP contribution in [0.15, 0.2) is 18.2 Å². The van der Waals surface area contributed by atoms with E-state index in [0.29, 0.717) is 0 Å². The van der Waals surface area contributed by atoms with E-state index in [4.69, 9.17) is 0 Å². The Morgan fingerprint density at radius 1 is 1.61 bits per heavy atom. The van der Waals surface area contributed by atoms with Gasteiger partial charge in [-0.15, -0.1) is 0 Å². The predicted octanol–water partition coefficient (Wildman–Crippen LogP) is 1.34. The van der Waals surface area contributed by atoms with E-state index in [1.54, 1.807) is 6.07 Å². The fourth-order valence-electron chi connectivity index (χ4n) is 2.17. The number of methoxy groups -OCH3 is 1. The molecule has 1 aromatic carbocycles. The summed E-state index contributed by atoms with van der Waals surface area (Å²) in [7, 11) is 1.33. The number of benzene rings is 1. The molecule has 1 heterocycles. The van der Waals surface area contributed by atoms with Gasteiger partial charge < -0.3 is 10.1 Å². The smallest absolute Gasteiger partial charge is 0.307 e. The zero-order chi connectivity index (χ0) is 13.1. The molecule has 6 nitrogen and oxygen atoms in total. The molecule has 1 aliphatic heterocycles. The molecule has 2 rings (SSSR count). The van der Waals surface area contributed by atoms with E-state index >= 15 is 0 Å². The lowest BCUT2D eigenvalue weighted by Crippen LogP contribution is -2.31. The molecule has 1 aromatic rings. The lowest BCUT2D eigenvalue weighted by atomic mass is 9.92. The topological polar surface area (TPSA) is 81.5 Å². The number of nitrogens with one attached hydrogen (secondary N) is 1. The van der Waals surface area contributed by atoms with E-state index in [0.717, 1.165) is 24.1 Å². The third kappa shape index (κ3) is 2.48. The molecule has 6 heteroatoms.